The maximum atomic E-state index is 13.9. The molecule has 2 heterocycles. The number of hydrogen-bond donors (Lipinski definition) is 0. The van der Waals surface area contributed by atoms with E-state index in [-0.39, 0.29) is 24.6 Å². The van der Waals surface area contributed by atoms with Crippen LogP contribution in [0.5, 0.6) is 5.75 Å². The van der Waals surface area contributed by atoms with Crippen molar-refractivity contribution in [3.8, 4) is 5.75 Å². The summed E-state index contributed by atoms with van der Waals surface area (Å²) in [5.41, 5.74) is 4.67. The molecule has 0 amide bonds. The number of ether oxygens (including phenoxy) is 5. The lowest BCUT2D eigenvalue weighted by molar-refractivity contribution is -0.0741. The molecule has 2 aliphatic heterocycles. The van der Waals surface area contributed by atoms with Crippen LogP contribution >= 0.6 is 0 Å². The van der Waals surface area contributed by atoms with Gasteiger partial charge in [-0.25, -0.2) is 13.5 Å². The second-order valence-corrected chi connectivity index (χ2v) is 13.8. The highest BCUT2D eigenvalue weighted by molar-refractivity contribution is 7.89. The van der Waals surface area contributed by atoms with Crippen LogP contribution in [0, 0.1) is 6.92 Å². The molecule has 0 aliphatic carbocycles. The first-order valence-electron chi connectivity index (χ1n) is 15.8. The monoisotopic (exact) mass is 653 g/mol. The number of nitrogens with zero attached hydrogens (tertiary/aromatic N) is 2. The van der Waals surface area contributed by atoms with Gasteiger partial charge in [0.2, 0.25) is 10.0 Å². The second-order valence-electron chi connectivity index (χ2n) is 11.8. The van der Waals surface area contributed by atoms with Gasteiger partial charge >= 0.3 is 0 Å². The van der Waals surface area contributed by atoms with Crippen LogP contribution in [-0.2, 0) is 47.3 Å². The zero-order chi connectivity index (χ0) is 32.5. The predicted molar refractivity (Wildman–Crippen MR) is 174 cm³/mol. The van der Waals surface area contributed by atoms with Crippen molar-refractivity contribution in [1.29, 1.82) is 0 Å². The number of hydrogen-bond acceptors (Lipinski definition) is 8. The largest absolute Gasteiger partial charge is 0.490 e. The summed E-state index contributed by atoms with van der Waals surface area (Å²) in [6.45, 7) is 6.41. The lowest BCUT2D eigenvalue weighted by atomic mass is 9.85. The summed E-state index contributed by atoms with van der Waals surface area (Å²) in [5.74, 6) is 0.281. The normalized spacial score (nSPS) is 20.3. The first-order chi connectivity index (χ1) is 22.3. The van der Waals surface area contributed by atoms with Gasteiger partial charge in [0.1, 0.15) is 18.5 Å². The van der Waals surface area contributed by atoms with E-state index in [4.69, 9.17) is 23.7 Å². The third-order valence-corrected chi connectivity index (χ3v) is 10.4. The molecular formula is C35H45N2O8S. The summed E-state index contributed by atoms with van der Waals surface area (Å²) in [4.78, 5) is 2.46. The Bertz CT molecular complexity index is 1500. The van der Waals surface area contributed by atoms with E-state index in [1.54, 1.807) is 38.5 Å². The van der Waals surface area contributed by atoms with E-state index < -0.39 is 28.1 Å². The summed E-state index contributed by atoms with van der Waals surface area (Å²) in [5, 5.41) is 13.9. The fraction of sp³-hybridized carbons (Fsp3) is 0.486. The topological polar surface area (TPSA) is 107 Å². The number of fused-ring (bicyclic) bond motifs is 1. The van der Waals surface area contributed by atoms with Gasteiger partial charge in [-0.15, -0.1) is 0 Å². The van der Waals surface area contributed by atoms with Gasteiger partial charge in [-0.05, 0) is 54.3 Å². The first-order valence-corrected chi connectivity index (χ1v) is 17.2. The van der Waals surface area contributed by atoms with Crippen LogP contribution in [0.15, 0.2) is 71.6 Å². The number of methoxy groups -OCH3 is 2. The van der Waals surface area contributed by atoms with Crippen LogP contribution in [0.3, 0.4) is 0 Å². The molecule has 1 fully saturated rings. The van der Waals surface area contributed by atoms with E-state index in [2.05, 4.69) is 11.0 Å². The summed E-state index contributed by atoms with van der Waals surface area (Å²) in [6.07, 6.45) is -0.990. The Kier molecular flexibility index (Phi) is 12.1. The molecule has 5 rings (SSSR count). The van der Waals surface area contributed by atoms with Crippen LogP contribution in [0.25, 0.3) is 0 Å². The highest BCUT2D eigenvalue weighted by Gasteiger charge is 2.43. The molecule has 1 radical (unpaired) electrons. The molecule has 10 nitrogen and oxygen atoms in total. The number of anilines is 1. The van der Waals surface area contributed by atoms with Gasteiger partial charge in [0.15, 0.2) is 0 Å². The van der Waals surface area contributed by atoms with Crippen LogP contribution < -0.4 is 9.64 Å². The van der Waals surface area contributed by atoms with Gasteiger partial charge < -0.3 is 28.6 Å². The van der Waals surface area contributed by atoms with Crippen molar-refractivity contribution in [2.45, 2.75) is 49.6 Å². The number of benzene rings is 3. The van der Waals surface area contributed by atoms with E-state index in [0.29, 0.717) is 33.0 Å². The van der Waals surface area contributed by atoms with Crippen molar-refractivity contribution >= 4 is 15.7 Å². The minimum Gasteiger partial charge on any atom is -0.490 e. The van der Waals surface area contributed by atoms with Crippen molar-refractivity contribution in [3.63, 3.8) is 0 Å². The third-order valence-electron chi connectivity index (χ3n) is 8.52. The Labute approximate surface area is 272 Å². The van der Waals surface area contributed by atoms with Gasteiger partial charge in [0, 0.05) is 46.4 Å². The standard InChI is InChI=1S/C35H45N2O8S/c1-26-5-12-30(13-6-26)46(39,40)37-22-32(38)35(29-10-7-27(8-11-29)24-43-20-19-42-3)34(23-37)45-25-28-9-14-33-31(21-28)36(16-18-44-33)15-4-17-41-2/h5-14,21,32,34-35H,4,15-20,22-25H2,1-3H3/t32-,34+,35-/m1/s1. The first kappa shape index (κ1) is 34.3. The fourth-order valence-electron chi connectivity index (χ4n) is 6.00. The summed E-state index contributed by atoms with van der Waals surface area (Å²) < 4.78 is 57.0. The molecule has 0 unspecified atom stereocenters. The van der Waals surface area contributed by atoms with Crippen molar-refractivity contribution in [2.24, 2.45) is 0 Å². The molecule has 2 aliphatic rings. The van der Waals surface area contributed by atoms with E-state index >= 15 is 0 Å². The smallest absolute Gasteiger partial charge is 0.243 e. The Hall–Kier alpha value is -3.03. The lowest BCUT2D eigenvalue weighted by Gasteiger charge is -2.40. The van der Waals surface area contributed by atoms with Crippen LogP contribution in [0.2, 0.25) is 0 Å². The Morgan fingerprint density at radius 3 is 2.35 bits per heavy atom. The molecule has 0 N–H and O–H groups in total. The molecule has 46 heavy (non-hydrogen) atoms. The van der Waals surface area contributed by atoms with Crippen molar-refractivity contribution in [3.05, 3.63) is 89.0 Å². The number of rotatable bonds is 15. The van der Waals surface area contributed by atoms with Crippen LogP contribution in [0.4, 0.5) is 5.69 Å². The van der Waals surface area contributed by atoms with Gasteiger partial charge in [0.25, 0.3) is 0 Å². The average Bonchev–Trinajstić information content (AvgIpc) is 3.06. The molecule has 3 atom stereocenters. The minimum atomic E-state index is -3.89. The lowest BCUT2D eigenvalue weighted by Crippen LogP contribution is -2.53. The van der Waals surface area contributed by atoms with Crippen molar-refractivity contribution < 1.29 is 37.2 Å². The third kappa shape index (κ3) is 8.46. The van der Waals surface area contributed by atoms with Crippen LogP contribution in [-0.4, -0.2) is 91.8 Å². The van der Waals surface area contributed by atoms with E-state index in [9.17, 15) is 13.5 Å². The molecule has 11 heteroatoms. The zero-order valence-electron chi connectivity index (χ0n) is 26.9. The van der Waals surface area contributed by atoms with E-state index in [1.807, 2.05) is 43.3 Å². The van der Waals surface area contributed by atoms with Crippen LogP contribution in [0.1, 0.15) is 34.6 Å². The van der Waals surface area contributed by atoms with Crippen molar-refractivity contribution in [1.82, 2.24) is 4.31 Å². The molecule has 1 saturated heterocycles. The predicted octanol–water partition coefficient (Wildman–Crippen LogP) is 4.57. The summed E-state index contributed by atoms with van der Waals surface area (Å²) in [6, 6.07) is 20.4. The second kappa shape index (κ2) is 16.2. The average molecular weight is 654 g/mol. The maximum Gasteiger partial charge on any atom is 0.243 e. The summed E-state index contributed by atoms with van der Waals surface area (Å²) >= 11 is 0. The minimum absolute atomic E-state index is 0.0681. The van der Waals surface area contributed by atoms with E-state index in [0.717, 1.165) is 53.2 Å². The van der Waals surface area contributed by atoms with Crippen molar-refractivity contribution in [2.75, 3.05) is 71.7 Å². The SMILES string of the molecule is COCCCN1CCOc2ccc(CO[C@H]3CN(S(=O)(=O)c4ccc(C)cc4)C[C@@H]([O])[C@H]3c3ccc(COCCOC)cc3)cc21. The maximum absolute atomic E-state index is 13.9. The number of piperidine rings is 1. The fourth-order valence-corrected chi connectivity index (χ4v) is 7.46. The van der Waals surface area contributed by atoms with Gasteiger partial charge in [-0.1, -0.05) is 48.0 Å². The quantitative estimate of drug-likeness (QED) is 0.220. The number of sulfonamides is 1. The molecule has 0 saturated carbocycles. The Morgan fingerprint density at radius 2 is 1.61 bits per heavy atom. The van der Waals surface area contributed by atoms with Gasteiger partial charge in [0.05, 0.1) is 49.7 Å². The Morgan fingerprint density at radius 1 is 0.870 bits per heavy atom. The highest BCUT2D eigenvalue weighted by Crippen LogP contribution is 2.36. The highest BCUT2D eigenvalue weighted by atomic mass is 32.2. The van der Waals surface area contributed by atoms with Gasteiger partial charge in [-0.2, -0.15) is 4.31 Å². The molecule has 249 valence electrons. The van der Waals surface area contributed by atoms with E-state index in [1.165, 1.54) is 4.31 Å². The van der Waals surface area contributed by atoms with Gasteiger partial charge in [-0.3, -0.25) is 0 Å². The molecule has 0 aromatic heterocycles. The molecule has 0 spiro atoms. The molecule has 3 aromatic rings. The zero-order valence-corrected chi connectivity index (χ0v) is 27.7. The summed E-state index contributed by atoms with van der Waals surface area (Å²) in [7, 11) is -0.558. The Balaban J connectivity index is 1.37. The molecule has 3 aromatic carbocycles. The molecule has 0 bridgehead atoms. The molecular weight excluding hydrogens is 608 g/mol. The number of aryl methyl sites for hydroxylation is 1.